The minimum atomic E-state index is -1.38. The summed E-state index contributed by atoms with van der Waals surface area (Å²) in [7, 11) is 0. The van der Waals surface area contributed by atoms with Gasteiger partial charge >= 0.3 is 0 Å². The average Bonchev–Trinajstić information content (AvgIpc) is 2.58. The van der Waals surface area contributed by atoms with Crippen LogP contribution >= 0.6 is 0 Å². The summed E-state index contributed by atoms with van der Waals surface area (Å²) < 4.78 is 0. The van der Waals surface area contributed by atoms with Crippen LogP contribution in [0, 0.1) is 5.92 Å². The zero-order chi connectivity index (χ0) is 20.5. The largest absolute Gasteiger partial charge is 0.393 e. The van der Waals surface area contributed by atoms with E-state index in [9.17, 15) is 20.1 Å². The highest BCUT2D eigenvalue weighted by Gasteiger charge is 2.31. The van der Waals surface area contributed by atoms with E-state index < -0.39 is 24.4 Å². The average molecular weight is 388 g/mol. The predicted molar refractivity (Wildman–Crippen MR) is 111 cm³/mol. The normalized spacial score (nSPS) is 16.1. The number of rotatable bonds is 19. The molecule has 0 aromatic heterocycles. The van der Waals surface area contributed by atoms with Crippen molar-refractivity contribution in [3.05, 3.63) is 0 Å². The molecule has 0 radical (unpaired) electrons. The second-order valence-electron chi connectivity index (χ2n) is 8.13. The number of carbonyl (C=O) groups excluding carboxylic acids is 1. The van der Waals surface area contributed by atoms with E-state index in [4.69, 9.17) is 5.73 Å². The second-order valence-corrected chi connectivity index (χ2v) is 8.13. The molecule has 0 saturated heterocycles. The summed E-state index contributed by atoms with van der Waals surface area (Å²) >= 11 is 0. The molecule has 0 bridgehead atoms. The fourth-order valence-corrected chi connectivity index (χ4v) is 3.61. The van der Waals surface area contributed by atoms with Gasteiger partial charge in [0.25, 0.3) is 0 Å². The number of unbranched alkanes of at least 4 members (excludes halogenated alkanes) is 12. The Balaban J connectivity index is 3.66. The van der Waals surface area contributed by atoms with Crippen LogP contribution in [0.1, 0.15) is 110 Å². The van der Waals surface area contributed by atoms with Gasteiger partial charge in [0.05, 0.1) is 18.1 Å². The standard InChI is InChI=1S/C22H45NO4/c1-3-4-5-6-7-8-9-10-11-12-13-14-15-16-19(25)21(22(23)27)20(26)17-18(2)24/h18-19,21-22,24-25,27H,3-17,23H2,1-2H3. The molecule has 5 nitrogen and oxygen atoms in total. The topological polar surface area (TPSA) is 104 Å². The summed E-state index contributed by atoms with van der Waals surface area (Å²) in [6.07, 6.45) is 13.6. The third kappa shape index (κ3) is 15.1. The summed E-state index contributed by atoms with van der Waals surface area (Å²) in [5.74, 6) is -1.38. The molecule has 5 N–H and O–H groups in total. The van der Waals surface area contributed by atoms with Gasteiger partial charge in [-0.05, 0) is 13.3 Å². The van der Waals surface area contributed by atoms with Crippen LogP contribution in [-0.4, -0.2) is 39.5 Å². The van der Waals surface area contributed by atoms with Crippen molar-refractivity contribution in [3.63, 3.8) is 0 Å². The fraction of sp³-hybridized carbons (Fsp3) is 0.955. The van der Waals surface area contributed by atoms with Gasteiger partial charge in [-0.3, -0.25) is 4.79 Å². The lowest BCUT2D eigenvalue weighted by atomic mass is 9.89. The van der Waals surface area contributed by atoms with Gasteiger partial charge in [0.15, 0.2) is 0 Å². The van der Waals surface area contributed by atoms with E-state index in [2.05, 4.69) is 6.92 Å². The zero-order valence-electron chi connectivity index (χ0n) is 17.7. The van der Waals surface area contributed by atoms with Crippen LogP contribution in [0.4, 0.5) is 0 Å². The van der Waals surface area contributed by atoms with E-state index in [1.165, 1.54) is 71.1 Å². The summed E-state index contributed by atoms with van der Waals surface area (Å²) in [6, 6.07) is 0. The monoisotopic (exact) mass is 387 g/mol. The van der Waals surface area contributed by atoms with Gasteiger partial charge in [-0.2, -0.15) is 0 Å². The number of aliphatic hydroxyl groups excluding tert-OH is 3. The molecule has 162 valence electrons. The van der Waals surface area contributed by atoms with Crippen molar-refractivity contribution in [3.8, 4) is 0 Å². The molecule has 0 aromatic carbocycles. The molecule has 0 heterocycles. The lowest BCUT2D eigenvalue weighted by molar-refractivity contribution is -0.133. The Morgan fingerprint density at radius 3 is 1.56 bits per heavy atom. The van der Waals surface area contributed by atoms with E-state index in [1.54, 1.807) is 0 Å². The number of nitrogens with two attached hydrogens (primary N) is 1. The Labute approximate surface area is 166 Å². The predicted octanol–water partition coefficient (Wildman–Crippen LogP) is 4.06. The van der Waals surface area contributed by atoms with Gasteiger partial charge in [0, 0.05) is 6.42 Å². The first-order chi connectivity index (χ1) is 12.9. The first-order valence-electron chi connectivity index (χ1n) is 11.2. The molecule has 0 rings (SSSR count). The third-order valence-electron chi connectivity index (χ3n) is 5.25. The maximum atomic E-state index is 12.0. The summed E-state index contributed by atoms with van der Waals surface area (Å²) in [6.45, 7) is 3.76. The van der Waals surface area contributed by atoms with E-state index in [-0.39, 0.29) is 12.2 Å². The number of ketones is 1. The summed E-state index contributed by atoms with van der Waals surface area (Å²) in [4.78, 5) is 12.0. The van der Waals surface area contributed by atoms with Crippen LogP contribution in [0.2, 0.25) is 0 Å². The van der Waals surface area contributed by atoms with E-state index in [1.807, 2.05) is 0 Å². The molecule has 0 aromatic rings. The molecule has 0 saturated carbocycles. The van der Waals surface area contributed by atoms with Crippen molar-refractivity contribution in [2.45, 2.75) is 129 Å². The lowest BCUT2D eigenvalue weighted by Gasteiger charge is -2.24. The maximum absolute atomic E-state index is 12.0. The van der Waals surface area contributed by atoms with Crippen LogP contribution < -0.4 is 5.73 Å². The van der Waals surface area contributed by atoms with Crippen molar-refractivity contribution in [2.75, 3.05) is 0 Å². The molecule has 0 fully saturated rings. The quantitative estimate of drug-likeness (QED) is 0.198. The Bertz CT molecular complexity index is 347. The highest BCUT2D eigenvalue weighted by molar-refractivity contribution is 5.82. The van der Waals surface area contributed by atoms with Gasteiger partial charge < -0.3 is 21.1 Å². The minimum absolute atomic E-state index is 0.0887. The lowest BCUT2D eigenvalue weighted by Crippen LogP contribution is -2.43. The number of hydrogen-bond donors (Lipinski definition) is 4. The van der Waals surface area contributed by atoms with Gasteiger partial charge in [0.1, 0.15) is 12.0 Å². The van der Waals surface area contributed by atoms with E-state index in [0.717, 1.165) is 19.3 Å². The molecule has 0 aliphatic rings. The molecule has 5 heteroatoms. The van der Waals surface area contributed by atoms with Gasteiger partial charge in [-0.25, -0.2) is 0 Å². The molecule has 27 heavy (non-hydrogen) atoms. The molecule has 0 spiro atoms. The second kappa shape index (κ2) is 17.6. The smallest absolute Gasteiger partial charge is 0.145 e. The summed E-state index contributed by atoms with van der Waals surface area (Å²) in [5.41, 5.74) is 5.45. The zero-order valence-corrected chi connectivity index (χ0v) is 17.7. The van der Waals surface area contributed by atoms with E-state index in [0.29, 0.717) is 6.42 Å². The molecule has 4 atom stereocenters. The Kier molecular flexibility index (Phi) is 17.3. The van der Waals surface area contributed by atoms with Crippen LogP contribution in [0.5, 0.6) is 0 Å². The van der Waals surface area contributed by atoms with Gasteiger partial charge in [0.2, 0.25) is 0 Å². The summed E-state index contributed by atoms with van der Waals surface area (Å²) in [5, 5.41) is 29.1. The van der Waals surface area contributed by atoms with Crippen LogP contribution in [0.3, 0.4) is 0 Å². The van der Waals surface area contributed by atoms with Gasteiger partial charge in [-0.1, -0.05) is 90.4 Å². The number of carbonyl (C=O) groups is 1. The van der Waals surface area contributed by atoms with Crippen LogP contribution in [-0.2, 0) is 4.79 Å². The van der Waals surface area contributed by atoms with Crippen LogP contribution in [0.25, 0.3) is 0 Å². The molecule has 0 aliphatic heterocycles. The Hall–Kier alpha value is -0.490. The van der Waals surface area contributed by atoms with Crippen LogP contribution in [0.15, 0.2) is 0 Å². The van der Waals surface area contributed by atoms with Crippen molar-refractivity contribution in [1.29, 1.82) is 0 Å². The van der Waals surface area contributed by atoms with Crippen molar-refractivity contribution in [2.24, 2.45) is 11.7 Å². The molecule has 4 unspecified atom stereocenters. The molecular weight excluding hydrogens is 342 g/mol. The van der Waals surface area contributed by atoms with E-state index >= 15 is 0 Å². The van der Waals surface area contributed by atoms with Crippen molar-refractivity contribution < 1.29 is 20.1 Å². The van der Waals surface area contributed by atoms with Crippen molar-refractivity contribution in [1.82, 2.24) is 0 Å². The number of aliphatic hydroxyl groups is 3. The maximum Gasteiger partial charge on any atom is 0.145 e. The first-order valence-corrected chi connectivity index (χ1v) is 11.2. The molecular formula is C22H45NO4. The Morgan fingerprint density at radius 2 is 1.19 bits per heavy atom. The number of hydrogen-bond acceptors (Lipinski definition) is 5. The third-order valence-corrected chi connectivity index (χ3v) is 5.25. The molecule has 0 aliphatic carbocycles. The van der Waals surface area contributed by atoms with Gasteiger partial charge in [-0.15, -0.1) is 0 Å². The Morgan fingerprint density at radius 1 is 0.778 bits per heavy atom. The SMILES string of the molecule is CCCCCCCCCCCCCCCC(O)C(C(=O)CC(C)O)C(N)O. The molecule has 0 amide bonds. The number of Topliss-reactive ketones (excluding diaryl/α,β-unsaturated/α-hetero) is 1. The highest BCUT2D eigenvalue weighted by Crippen LogP contribution is 2.19. The minimum Gasteiger partial charge on any atom is -0.393 e. The fourth-order valence-electron chi connectivity index (χ4n) is 3.61. The first kappa shape index (κ1) is 26.5. The highest BCUT2D eigenvalue weighted by atomic mass is 16.3. The van der Waals surface area contributed by atoms with Crippen molar-refractivity contribution >= 4 is 5.78 Å².